The molecule has 0 saturated carbocycles. The number of ether oxygens (including phenoxy) is 1. The summed E-state index contributed by atoms with van der Waals surface area (Å²) >= 11 is 3.48. The molecule has 5 heteroatoms. The molecule has 0 N–H and O–H groups in total. The Hall–Kier alpha value is -1.62. The van der Waals surface area contributed by atoms with Gasteiger partial charge in [0.25, 0.3) is 0 Å². The highest BCUT2D eigenvalue weighted by Crippen LogP contribution is 2.23. The third kappa shape index (κ3) is 2.31. The lowest BCUT2D eigenvalue weighted by molar-refractivity contribution is 0.0519. The number of para-hydroxylation sites is 1. The lowest BCUT2D eigenvalue weighted by atomic mass is 10.3. The summed E-state index contributed by atoms with van der Waals surface area (Å²) in [6.45, 7) is 3.97. The summed E-state index contributed by atoms with van der Waals surface area (Å²) in [6.07, 6.45) is 1.63. The Morgan fingerprint density at radius 3 is 2.83 bits per heavy atom. The van der Waals surface area contributed by atoms with Crippen molar-refractivity contribution in [1.82, 2.24) is 9.55 Å². The molecule has 0 unspecified atom stereocenters. The molecule has 0 fully saturated rings. The quantitative estimate of drug-likeness (QED) is 0.818. The maximum Gasteiger partial charge on any atom is 0.358 e. The number of carbonyl (C=O) groups excluding carboxylic acids is 1. The fourth-order valence-electron chi connectivity index (χ4n) is 1.70. The normalized spacial score (nSPS) is 10.4. The predicted molar refractivity (Wildman–Crippen MR) is 72.0 cm³/mol. The van der Waals surface area contributed by atoms with Crippen LogP contribution in [0.5, 0.6) is 0 Å². The summed E-state index contributed by atoms with van der Waals surface area (Å²) in [6, 6.07) is 7.77. The monoisotopic (exact) mass is 308 g/mol. The van der Waals surface area contributed by atoms with Crippen LogP contribution < -0.4 is 0 Å². The van der Waals surface area contributed by atoms with Crippen molar-refractivity contribution < 1.29 is 9.53 Å². The van der Waals surface area contributed by atoms with E-state index in [1.807, 2.05) is 35.8 Å². The van der Waals surface area contributed by atoms with E-state index in [0.29, 0.717) is 12.3 Å². The summed E-state index contributed by atoms with van der Waals surface area (Å²) < 4.78 is 7.76. The van der Waals surface area contributed by atoms with Crippen molar-refractivity contribution in [3.05, 3.63) is 46.5 Å². The van der Waals surface area contributed by atoms with E-state index in [-0.39, 0.29) is 5.97 Å². The maximum atomic E-state index is 11.7. The minimum atomic E-state index is -0.388. The van der Waals surface area contributed by atoms with Crippen LogP contribution in [0.15, 0.2) is 35.1 Å². The first kappa shape index (κ1) is 12.8. The molecule has 18 heavy (non-hydrogen) atoms. The van der Waals surface area contributed by atoms with Crippen molar-refractivity contribution in [1.29, 1.82) is 0 Å². The van der Waals surface area contributed by atoms with Gasteiger partial charge in [-0.1, -0.05) is 12.1 Å². The van der Waals surface area contributed by atoms with Gasteiger partial charge in [0.1, 0.15) is 6.33 Å². The molecule has 0 aliphatic carbocycles. The highest BCUT2D eigenvalue weighted by Gasteiger charge is 2.17. The summed E-state index contributed by atoms with van der Waals surface area (Å²) in [4.78, 5) is 15.8. The van der Waals surface area contributed by atoms with E-state index in [1.165, 1.54) is 0 Å². The minimum absolute atomic E-state index is 0.347. The van der Waals surface area contributed by atoms with Gasteiger partial charge in [0.2, 0.25) is 0 Å². The number of carbonyl (C=O) groups is 1. The first-order chi connectivity index (χ1) is 8.65. The molecule has 0 aliphatic rings. The van der Waals surface area contributed by atoms with Crippen LogP contribution in [0.4, 0.5) is 0 Å². The highest BCUT2D eigenvalue weighted by molar-refractivity contribution is 9.10. The molecule has 0 saturated heterocycles. The standard InChI is InChI=1S/C13H13BrN2O2/c1-3-18-13(17)12-9(2)16(8-15-12)11-7-5-4-6-10(11)14/h4-8H,3H2,1-2H3. The molecule has 0 aliphatic heterocycles. The summed E-state index contributed by atoms with van der Waals surface area (Å²) in [5.74, 6) is -0.388. The highest BCUT2D eigenvalue weighted by atomic mass is 79.9. The van der Waals surface area contributed by atoms with E-state index in [0.717, 1.165) is 15.9 Å². The van der Waals surface area contributed by atoms with E-state index < -0.39 is 0 Å². The second-order valence-electron chi connectivity index (χ2n) is 3.72. The average molecular weight is 309 g/mol. The van der Waals surface area contributed by atoms with E-state index in [1.54, 1.807) is 13.3 Å². The Bertz CT molecular complexity index is 578. The summed E-state index contributed by atoms with van der Waals surface area (Å²) in [7, 11) is 0. The van der Waals surface area contributed by atoms with Gasteiger partial charge < -0.3 is 9.30 Å². The second-order valence-corrected chi connectivity index (χ2v) is 4.57. The third-order valence-corrected chi connectivity index (χ3v) is 3.26. The van der Waals surface area contributed by atoms with Gasteiger partial charge in [-0.3, -0.25) is 0 Å². The zero-order chi connectivity index (χ0) is 13.1. The lowest BCUT2D eigenvalue weighted by Crippen LogP contribution is -2.07. The van der Waals surface area contributed by atoms with Crippen LogP contribution in [0.25, 0.3) is 5.69 Å². The van der Waals surface area contributed by atoms with Crippen LogP contribution in [0, 0.1) is 6.92 Å². The number of esters is 1. The van der Waals surface area contributed by atoms with Gasteiger partial charge in [-0.05, 0) is 41.9 Å². The molecule has 2 rings (SSSR count). The van der Waals surface area contributed by atoms with Crippen LogP contribution in [0.3, 0.4) is 0 Å². The van der Waals surface area contributed by atoms with Gasteiger partial charge in [0.15, 0.2) is 5.69 Å². The molecule has 1 aromatic heterocycles. The van der Waals surface area contributed by atoms with Crippen molar-refractivity contribution in [2.75, 3.05) is 6.61 Å². The van der Waals surface area contributed by atoms with Crippen LogP contribution in [-0.4, -0.2) is 22.1 Å². The van der Waals surface area contributed by atoms with E-state index in [9.17, 15) is 4.79 Å². The molecule has 0 amide bonds. The molecule has 1 heterocycles. The van der Waals surface area contributed by atoms with Crippen LogP contribution >= 0.6 is 15.9 Å². The molecular formula is C13H13BrN2O2. The zero-order valence-electron chi connectivity index (χ0n) is 10.2. The van der Waals surface area contributed by atoms with Crippen LogP contribution in [0.1, 0.15) is 23.1 Å². The van der Waals surface area contributed by atoms with E-state index >= 15 is 0 Å². The predicted octanol–water partition coefficient (Wildman–Crippen LogP) is 3.12. The van der Waals surface area contributed by atoms with Crippen LogP contribution in [-0.2, 0) is 4.74 Å². The third-order valence-electron chi connectivity index (χ3n) is 2.59. The molecular weight excluding hydrogens is 296 g/mol. The number of halogens is 1. The number of rotatable bonds is 3. The molecule has 0 bridgehead atoms. The number of hydrogen-bond donors (Lipinski definition) is 0. The van der Waals surface area contributed by atoms with Gasteiger partial charge in [0.05, 0.1) is 18.0 Å². The number of imidazole rings is 1. The Labute approximate surface area is 114 Å². The molecule has 0 atom stereocenters. The average Bonchev–Trinajstić information content (AvgIpc) is 2.72. The summed E-state index contributed by atoms with van der Waals surface area (Å²) in [5.41, 5.74) is 2.06. The first-order valence-corrected chi connectivity index (χ1v) is 6.40. The van der Waals surface area contributed by atoms with Crippen molar-refractivity contribution in [3.63, 3.8) is 0 Å². The Kier molecular flexibility index (Phi) is 3.81. The van der Waals surface area contributed by atoms with Crippen molar-refractivity contribution in [3.8, 4) is 5.69 Å². The van der Waals surface area contributed by atoms with Crippen LogP contribution in [0.2, 0.25) is 0 Å². The molecule has 1 aromatic carbocycles. The number of benzene rings is 1. The number of nitrogens with zero attached hydrogens (tertiary/aromatic N) is 2. The molecule has 0 radical (unpaired) electrons. The zero-order valence-corrected chi connectivity index (χ0v) is 11.8. The Morgan fingerprint density at radius 1 is 1.44 bits per heavy atom. The van der Waals surface area contributed by atoms with Gasteiger partial charge in [0, 0.05) is 4.47 Å². The van der Waals surface area contributed by atoms with E-state index in [2.05, 4.69) is 20.9 Å². The molecule has 2 aromatic rings. The van der Waals surface area contributed by atoms with Gasteiger partial charge in [-0.15, -0.1) is 0 Å². The Balaban J connectivity index is 2.43. The smallest absolute Gasteiger partial charge is 0.358 e. The summed E-state index contributed by atoms with van der Waals surface area (Å²) in [5, 5.41) is 0. The topological polar surface area (TPSA) is 44.1 Å². The maximum absolute atomic E-state index is 11.7. The van der Waals surface area contributed by atoms with Crippen molar-refractivity contribution in [2.45, 2.75) is 13.8 Å². The number of aromatic nitrogens is 2. The largest absolute Gasteiger partial charge is 0.461 e. The van der Waals surface area contributed by atoms with Gasteiger partial charge >= 0.3 is 5.97 Å². The fraction of sp³-hybridized carbons (Fsp3) is 0.231. The van der Waals surface area contributed by atoms with Crippen molar-refractivity contribution in [2.24, 2.45) is 0 Å². The van der Waals surface area contributed by atoms with E-state index in [4.69, 9.17) is 4.74 Å². The first-order valence-electron chi connectivity index (χ1n) is 5.61. The SMILES string of the molecule is CCOC(=O)c1ncn(-c2ccccc2Br)c1C. The van der Waals surface area contributed by atoms with Crippen molar-refractivity contribution >= 4 is 21.9 Å². The number of hydrogen-bond acceptors (Lipinski definition) is 3. The molecule has 4 nitrogen and oxygen atoms in total. The second kappa shape index (κ2) is 5.35. The minimum Gasteiger partial charge on any atom is -0.461 e. The van der Waals surface area contributed by atoms with Gasteiger partial charge in [-0.2, -0.15) is 0 Å². The molecule has 94 valence electrons. The Morgan fingerprint density at radius 2 is 2.17 bits per heavy atom. The van der Waals surface area contributed by atoms with Gasteiger partial charge in [-0.25, -0.2) is 9.78 Å². The molecule has 0 spiro atoms. The fourth-order valence-corrected chi connectivity index (χ4v) is 2.18. The lowest BCUT2D eigenvalue weighted by Gasteiger charge is -2.07.